The van der Waals surface area contributed by atoms with Crippen LogP contribution in [0.4, 0.5) is 17.6 Å². The molecule has 0 amide bonds. The van der Waals surface area contributed by atoms with Crippen molar-refractivity contribution in [3.8, 4) is 0 Å². The van der Waals surface area contributed by atoms with Crippen LogP contribution in [0.15, 0.2) is 22.7 Å². The average molecular weight is 313 g/mol. The molecule has 1 nitrogen and oxygen atoms in total. The van der Waals surface area contributed by atoms with Crippen LogP contribution < -0.4 is 0 Å². The van der Waals surface area contributed by atoms with Gasteiger partial charge in [-0.3, -0.25) is 4.79 Å². The first-order valence-electron chi connectivity index (χ1n) is 4.85. The number of hydrogen-bond donors (Lipinski definition) is 0. The van der Waals surface area contributed by atoms with Gasteiger partial charge in [0.1, 0.15) is 5.82 Å². The van der Waals surface area contributed by atoms with Crippen LogP contribution in [0.1, 0.15) is 29.6 Å². The highest BCUT2D eigenvalue weighted by Gasteiger charge is 2.27. The molecule has 0 atom stereocenters. The predicted octanol–water partition coefficient (Wildman–Crippen LogP) is 4.50. The van der Waals surface area contributed by atoms with Crippen molar-refractivity contribution < 1.29 is 22.4 Å². The fourth-order valence-electron chi connectivity index (χ4n) is 1.34. The van der Waals surface area contributed by atoms with Crippen LogP contribution in [0.25, 0.3) is 0 Å². The monoisotopic (exact) mass is 312 g/mol. The molecule has 0 heterocycles. The van der Waals surface area contributed by atoms with Crippen molar-refractivity contribution >= 4 is 21.7 Å². The minimum absolute atomic E-state index is 0.185. The molecule has 0 saturated heterocycles. The van der Waals surface area contributed by atoms with Crippen LogP contribution in [0.2, 0.25) is 0 Å². The number of alkyl halides is 3. The molecular formula is C11H9BrF4O. The van der Waals surface area contributed by atoms with E-state index in [1.54, 1.807) is 0 Å². The molecule has 0 aliphatic carbocycles. The van der Waals surface area contributed by atoms with Crippen molar-refractivity contribution in [2.45, 2.75) is 25.4 Å². The second-order valence-corrected chi connectivity index (χ2v) is 4.34. The number of hydrogen-bond acceptors (Lipinski definition) is 1. The Morgan fingerprint density at radius 3 is 2.47 bits per heavy atom. The Kier molecular flexibility index (Phi) is 4.68. The van der Waals surface area contributed by atoms with Crippen molar-refractivity contribution in [2.24, 2.45) is 0 Å². The molecule has 0 spiro atoms. The van der Waals surface area contributed by atoms with Crippen LogP contribution in [0.3, 0.4) is 0 Å². The molecule has 1 aromatic rings. The standard InChI is InChI=1S/C11H9BrF4O/c12-7-3-1-4-8(13)10(7)9(17)5-2-6-11(14,15)16/h1,3-4H,2,5-6H2. The lowest BCUT2D eigenvalue weighted by molar-refractivity contribution is -0.135. The number of benzene rings is 1. The average Bonchev–Trinajstić information content (AvgIpc) is 2.15. The summed E-state index contributed by atoms with van der Waals surface area (Å²) >= 11 is 3.00. The van der Waals surface area contributed by atoms with Crippen molar-refractivity contribution in [3.63, 3.8) is 0 Å². The van der Waals surface area contributed by atoms with E-state index in [4.69, 9.17) is 0 Å². The number of ketones is 1. The molecule has 6 heteroatoms. The molecule has 0 saturated carbocycles. The SMILES string of the molecule is O=C(CCCC(F)(F)F)c1c(F)cccc1Br. The summed E-state index contributed by atoms with van der Waals surface area (Å²) in [6, 6.07) is 3.98. The first kappa shape index (κ1) is 14.2. The Morgan fingerprint density at radius 1 is 1.29 bits per heavy atom. The van der Waals surface area contributed by atoms with Gasteiger partial charge in [-0.2, -0.15) is 13.2 Å². The van der Waals surface area contributed by atoms with Crippen LogP contribution in [-0.4, -0.2) is 12.0 Å². The normalized spacial score (nSPS) is 11.6. The summed E-state index contributed by atoms with van der Waals surface area (Å²) in [6.45, 7) is 0. The van der Waals surface area contributed by atoms with Crippen LogP contribution in [-0.2, 0) is 0 Å². The van der Waals surface area contributed by atoms with E-state index in [1.165, 1.54) is 12.1 Å². The number of carbonyl (C=O) groups is 1. The Hall–Kier alpha value is -0.910. The summed E-state index contributed by atoms with van der Waals surface area (Å²) in [6.07, 6.45) is -5.97. The van der Waals surface area contributed by atoms with Gasteiger partial charge in [-0.15, -0.1) is 0 Å². The van der Waals surface area contributed by atoms with E-state index in [2.05, 4.69) is 15.9 Å². The van der Waals surface area contributed by atoms with Crippen molar-refractivity contribution in [3.05, 3.63) is 34.1 Å². The summed E-state index contributed by atoms with van der Waals surface area (Å²) in [4.78, 5) is 11.5. The third-order valence-electron chi connectivity index (χ3n) is 2.11. The molecule has 0 aromatic heterocycles. The van der Waals surface area contributed by atoms with Gasteiger partial charge >= 0.3 is 6.18 Å². The summed E-state index contributed by atoms with van der Waals surface area (Å²) in [5, 5.41) is 0. The molecule has 1 rings (SSSR count). The smallest absolute Gasteiger partial charge is 0.294 e. The second-order valence-electron chi connectivity index (χ2n) is 3.49. The first-order valence-corrected chi connectivity index (χ1v) is 5.64. The largest absolute Gasteiger partial charge is 0.389 e. The van der Waals surface area contributed by atoms with Gasteiger partial charge in [0, 0.05) is 17.3 Å². The summed E-state index contributed by atoms with van der Waals surface area (Å²) in [5.74, 6) is -1.35. The molecule has 1 aromatic carbocycles. The van der Waals surface area contributed by atoms with Crippen molar-refractivity contribution in [1.82, 2.24) is 0 Å². The molecule has 0 fully saturated rings. The summed E-state index contributed by atoms with van der Waals surface area (Å²) in [5.41, 5.74) is -0.185. The lowest BCUT2D eigenvalue weighted by atomic mass is 10.0. The number of carbonyl (C=O) groups excluding carboxylic acids is 1. The molecule has 94 valence electrons. The maximum absolute atomic E-state index is 13.3. The van der Waals surface area contributed by atoms with E-state index >= 15 is 0 Å². The second kappa shape index (κ2) is 5.62. The quantitative estimate of drug-likeness (QED) is 0.591. The van der Waals surface area contributed by atoms with E-state index < -0.39 is 24.2 Å². The lowest BCUT2D eigenvalue weighted by Gasteiger charge is -2.07. The molecular weight excluding hydrogens is 304 g/mol. The Morgan fingerprint density at radius 2 is 1.94 bits per heavy atom. The Labute approximate surface area is 104 Å². The molecule has 0 aliphatic heterocycles. The highest BCUT2D eigenvalue weighted by Crippen LogP contribution is 2.25. The molecule has 0 aliphatic rings. The van der Waals surface area contributed by atoms with Crippen LogP contribution in [0.5, 0.6) is 0 Å². The van der Waals surface area contributed by atoms with Crippen molar-refractivity contribution in [2.75, 3.05) is 0 Å². The van der Waals surface area contributed by atoms with Crippen LogP contribution >= 0.6 is 15.9 Å². The van der Waals surface area contributed by atoms with Gasteiger partial charge < -0.3 is 0 Å². The zero-order valence-electron chi connectivity index (χ0n) is 8.65. The van der Waals surface area contributed by atoms with E-state index in [1.807, 2.05) is 0 Å². The lowest BCUT2D eigenvalue weighted by Crippen LogP contribution is -2.09. The molecule has 17 heavy (non-hydrogen) atoms. The van der Waals surface area contributed by atoms with E-state index in [-0.39, 0.29) is 22.9 Å². The maximum atomic E-state index is 13.3. The highest BCUT2D eigenvalue weighted by atomic mass is 79.9. The number of halogens is 5. The fourth-order valence-corrected chi connectivity index (χ4v) is 1.90. The van der Waals surface area contributed by atoms with Gasteiger partial charge in [-0.25, -0.2) is 4.39 Å². The van der Waals surface area contributed by atoms with Crippen LogP contribution in [0, 0.1) is 5.82 Å². The summed E-state index contributed by atoms with van der Waals surface area (Å²) in [7, 11) is 0. The first-order chi connectivity index (χ1) is 7.81. The van der Waals surface area contributed by atoms with Gasteiger partial charge in [0.2, 0.25) is 0 Å². The van der Waals surface area contributed by atoms with E-state index in [0.29, 0.717) is 0 Å². The minimum Gasteiger partial charge on any atom is -0.294 e. The van der Waals surface area contributed by atoms with Crippen molar-refractivity contribution in [1.29, 1.82) is 0 Å². The zero-order valence-corrected chi connectivity index (χ0v) is 10.2. The predicted molar refractivity (Wildman–Crippen MR) is 58.3 cm³/mol. The Bertz CT molecular complexity index is 394. The third-order valence-corrected chi connectivity index (χ3v) is 2.77. The van der Waals surface area contributed by atoms with Gasteiger partial charge in [-0.05, 0) is 34.5 Å². The van der Waals surface area contributed by atoms with Gasteiger partial charge in [0.15, 0.2) is 5.78 Å². The molecule has 0 N–H and O–H groups in total. The van der Waals surface area contributed by atoms with Gasteiger partial charge in [-0.1, -0.05) is 6.07 Å². The maximum Gasteiger partial charge on any atom is 0.389 e. The fraction of sp³-hybridized carbons (Fsp3) is 0.364. The van der Waals surface area contributed by atoms with Gasteiger partial charge in [0.25, 0.3) is 0 Å². The molecule has 0 radical (unpaired) electrons. The number of rotatable bonds is 4. The number of Topliss-reactive ketones (excluding diaryl/α,β-unsaturated/α-hetero) is 1. The summed E-state index contributed by atoms with van der Waals surface area (Å²) < 4.78 is 49.2. The molecule has 0 bridgehead atoms. The topological polar surface area (TPSA) is 17.1 Å². The molecule has 0 unspecified atom stereocenters. The highest BCUT2D eigenvalue weighted by molar-refractivity contribution is 9.10. The van der Waals surface area contributed by atoms with E-state index in [9.17, 15) is 22.4 Å². The van der Waals surface area contributed by atoms with Gasteiger partial charge in [0.05, 0.1) is 5.56 Å². The zero-order chi connectivity index (χ0) is 13.1. The Balaban J connectivity index is 2.65. The minimum atomic E-state index is -4.28. The van der Waals surface area contributed by atoms with E-state index in [0.717, 1.165) is 6.07 Å². The third kappa shape index (κ3) is 4.46.